The number of ether oxygens (including phenoxy) is 2. The van der Waals surface area contributed by atoms with Gasteiger partial charge in [-0.1, -0.05) is 31.4 Å². The van der Waals surface area contributed by atoms with Crippen molar-refractivity contribution in [3.63, 3.8) is 0 Å². The first-order chi connectivity index (χ1) is 9.80. The second-order valence-electron chi connectivity index (χ2n) is 6.18. The van der Waals surface area contributed by atoms with Gasteiger partial charge in [0.2, 0.25) is 0 Å². The van der Waals surface area contributed by atoms with E-state index in [9.17, 15) is 0 Å². The van der Waals surface area contributed by atoms with Crippen LogP contribution in [0.15, 0.2) is 24.3 Å². The van der Waals surface area contributed by atoms with Crippen molar-refractivity contribution in [2.24, 2.45) is 5.73 Å². The highest BCUT2D eigenvalue weighted by atomic mass is 16.5. The van der Waals surface area contributed by atoms with Crippen LogP contribution in [0.3, 0.4) is 0 Å². The Morgan fingerprint density at radius 2 is 2.10 bits per heavy atom. The Morgan fingerprint density at radius 1 is 1.25 bits per heavy atom. The summed E-state index contributed by atoms with van der Waals surface area (Å²) in [4.78, 5) is 0. The molecule has 3 nitrogen and oxygen atoms in total. The Labute approximate surface area is 121 Å². The summed E-state index contributed by atoms with van der Waals surface area (Å²) in [7, 11) is 0. The van der Waals surface area contributed by atoms with Gasteiger partial charge in [0.1, 0.15) is 11.9 Å². The monoisotopic (exact) mass is 275 g/mol. The van der Waals surface area contributed by atoms with Crippen LogP contribution in [-0.2, 0) is 11.3 Å². The van der Waals surface area contributed by atoms with Crippen molar-refractivity contribution in [2.45, 2.75) is 63.2 Å². The lowest BCUT2D eigenvalue weighted by Gasteiger charge is -2.43. The fraction of sp³-hybridized carbons (Fsp3) is 0.647. The normalized spacial score (nSPS) is 25.6. The Bertz CT molecular complexity index is 435. The van der Waals surface area contributed by atoms with Gasteiger partial charge in [0.05, 0.1) is 12.2 Å². The van der Waals surface area contributed by atoms with Crippen molar-refractivity contribution in [2.75, 3.05) is 6.61 Å². The molecular formula is C17H25NO2. The van der Waals surface area contributed by atoms with Crippen LogP contribution in [0.4, 0.5) is 0 Å². The zero-order chi connectivity index (χ0) is 13.8. The van der Waals surface area contributed by atoms with E-state index in [1.54, 1.807) is 0 Å². The lowest BCUT2D eigenvalue weighted by atomic mass is 9.79. The van der Waals surface area contributed by atoms with Crippen LogP contribution in [0.1, 0.15) is 50.5 Å². The van der Waals surface area contributed by atoms with Crippen LogP contribution >= 0.6 is 0 Å². The maximum absolute atomic E-state index is 6.19. The van der Waals surface area contributed by atoms with Gasteiger partial charge in [0.25, 0.3) is 0 Å². The summed E-state index contributed by atoms with van der Waals surface area (Å²) in [5.74, 6) is 0.950. The van der Waals surface area contributed by atoms with Gasteiger partial charge in [-0.3, -0.25) is 0 Å². The van der Waals surface area contributed by atoms with Gasteiger partial charge in [0.15, 0.2) is 0 Å². The van der Waals surface area contributed by atoms with Gasteiger partial charge < -0.3 is 15.2 Å². The highest BCUT2D eigenvalue weighted by Crippen LogP contribution is 2.39. The minimum absolute atomic E-state index is 0.104. The minimum Gasteiger partial charge on any atom is -0.490 e. The summed E-state index contributed by atoms with van der Waals surface area (Å²) in [5.41, 5.74) is 6.92. The predicted molar refractivity (Wildman–Crippen MR) is 79.8 cm³/mol. The molecular weight excluding hydrogens is 250 g/mol. The smallest absolute Gasteiger partial charge is 0.120 e. The molecule has 20 heavy (non-hydrogen) atoms. The molecule has 0 aromatic heterocycles. The quantitative estimate of drug-likeness (QED) is 0.919. The lowest BCUT2D eigenvalue weighted by Crippen LogP contribution is -2.45. The number of hydrogen-bond acceptors (Lipinski definition) is 3. The van der Waals surface area contributed by atoms with Crippen molar-refractivity contribution in [1.29, 1.82) is 0 Å². The third kappa shape index (κ3) is 3.15. The van der Waals surface area contributed by atoms with Crippen LogP contribution < -0.4 is 10.5 Å². The highest BCUT2D eigenvalue weighted by molar-refractivity contribution is 5.28. The minimum atomic E-state index is 0.104. The molecule has 3 rings (SSSR count). The van der Waals surface area contributed by atoms with Gasteiger partial charge in [0, 0.05) is 19.4 Å². The van der Waals surface area contributed by atoms with Crippen molar-refractivity contribution in [1.82, 2.24) is 0 Å². The van der Waals surface area contributed by atoms with Crippen molar-refractivity contribution >= 4 is 0 Å². The van der Waals surface area contributed by atoms with E-state index in [4.69, 9.17) is 15.2 Å². The molecule has 1 aliphatic heterocycles. The zero-order valence-corrected chi connectivity index (χ0v) is 12.1. The number of nitrogens with two attached hydrogens (primary N) is 1. The second kappa shape index (κ2) is 6.15. The van der Waals surface area contributed by atoms with E-state index >= 15 is 0 Å². The Balaban J connectivity index is 1.64. The Morgan fingerprint density at radius 3 is 2.90 bits per heavy atom. The molecule has 1 spiro atoms. The first-order valence-electron chi connectivity index (χ1n) is 7.89. The van der Waals surface area contributed by atoms with Gasteiger partial charge in [-0.2, -0.15) is 0 Å². The molecule has 0 amide bonds. The number of rotatable bonds is 3. The van der Waals surface area contributed by atoms with E-state index in [1.165, 1.54) is 32.1 Å². The molecule has 3 heteroatoms. The van der Waals surface area contributed by atoms with Crippen LogP contribution in [0.2, 0.25) is 0 Å². The topological polar surface area (TPSA) is 44.5 Å². The van der Waals surface area contributed by atoms with Crippen LogP contribution in [0.25, 0.3) is 0 Å². The van der Waals surface area contributed by atoms with Crippen molar-refractivity contribution in [3.8, 4) is 5.75 Å². The summed E-state index contributed by atoms with van der Waals surface area (Å²) in [5, 5.41) is 0. The predicted octanol–water partition coefficient (Wildman–Crippen LogP) is 3.41. The second-order valence-corrected chi connectivity index (χ2v) is 6.18. The number of benzene rings is 1. The zero-order valence-electron chi connectivity index (χ0n) is 12.1. The molecule has 1 aliphatic carbocycles. The Kier molecular flexibility index (Phi) is 4.27. The molecule has 110 valence electrons. The first-order valence-corrected chi connectivity index (χ1v) is 7.89. The van der Waals surface area contributed by atoms with Crippen LogP contribution in [-0.4, -0.2) is 18.3 Å². The maximum atomic E-state index is 6.19. The average Bonchev–Trinajstić information content (AvgIpc) is 2.48. The van der Waals surface area contributed by atoms with Gasteiger partial charge >= 0.3 is 0 Å². The van der Waals surface area contributed by atoms with Crippen LogP contribution in [0, 0.1) is 0 Å². The highest BCUT2D eigenvalue weighted by Gasteiger charge is 2.39. The number of hydrogen-bond donors (Lipinski definition) is 1. The molecule has 2 N–H and O–H groups in total. The fourth-order valence-corrected chi connectivity index (χ4v) is 3.57. The van der Waals surface area contributed by atoms with E-state index < -0.39 is 0 Å². The van der Waals surface area contributed by atoms with Crippen molar-refractivity contribution in [3.05, 3.63) is 29.8 Å². The molecule has 1 aromatic carbocycles. The summed E-state index contributed by atoms with van der Waals surface area (Å²) in [6, 6.07) is 8.15. The summed E-state index contributed by atoms with van der Waals surface area (Å²) in [6.07, 6.45) is 8.69. The maximum Gasteiger partial charge on any atom is 0.120 e. The molecule has 1 saturated heterocycles. The Hall–Kier alpha value is -1.06. The van der Waals surface area contributed by atoms with E-state index in [1.807, 2.05) is 18.2 Å². The molecule has 2 aliphatic rings. The standard InChI is InChI=1S/C17H25NO2/c18-13-14-5-4-6-15(11-14)20-16-7-10-19-17(12-16)8-2-1-3-9-17/h4-6,11,16H,1-3,7-10,12-13,18H2. The third-order valence-electron chi connectivity index (χ3n) is 4.65. The van der Waals surface area contributed by atoms with Gasteiger partial charge in [-0.15, -0.1) is 0 Å². The SMILES string of the molecule is NCc1cccc(OC2CCOC3(CCCCC3)C2)c1. The van der Waals surface area contributed by atoms with Gasteiger partial charge in [-0.25, -0.2) is 0 Å². The van der Waals surface area contributed by atoms with E-state index in [-0.39, 0.29) is 11.7 Å². The molecule has 1 atom stereocenters. The van der Waals surface area contributed by atoms with Crippen molar-refractivity contribution < 1.29 is 9.47 Å². The first kappa shape index (κ1) is 13.9. The van der Waals surface area contributed by atoms with E-state index in [0.29, 0.717) is 6.54 Å². The third-order valence-corrected chi connectivity index (χ3v) is 4.65. The van der Waals surface area contributed by atoms with Crippen LogP contribution in [0.5, 0.6) is 5.75 Å². The average molecular weight is 275 g/mol. The molecule has 1 aromatic rings. The molecule has 1 unspecified atom stereocenters. The molecule has 2 fully saturated rings. The summed E-state index contributed by atoms with van der Waals surface area (Å²) >= 11 is 0. The largest absolute Gasteiger partial charge is 0.490 e. The fourth-order valence-electron chi connectivity index (χ4n) is 3.57. The summed E-state index contributed by atoms with van der Waals surface area (Å²) in [6.45, 7) is 1.40. The van der Waals surface area contributed by atoms with E-state index in [2.05, 4.69) is 6.07 Å². The molecule has 1 heterocycles. The van der Waals surface area contributed by atoms with Gasteiger partial charge in [-0.05, 0) is 30.5 Å². The molecule has 0 radical (unpaired) electrons. The summed E-state index contributed by atoms with van der Waals surface area (Å²) < 4.78 is 12.3. The lowest BCUT2D eigenvalue weighted by molar-refractivity contribution is -0.129. The van der Waals surface area contributed by atoms with E-state index in [0.717, 1.165) is 30.8 Å². The molecule has 0 bridgehead atoms. The molecule has 1 saturated carbocycles.